The minimum Gasteiger partial charge on any atom is -0.463 e. The highest BCUT2D eigenvalue weighted by Crippen LogP contribution is 2.08. The maximum atomic E-state index is 12.8. The summed E-state index contributed by atoms with van der Waals surface area (Å²) in [5.41, 5.74) is 0.592. The minimum absolute atomic E-state index is 0.110. The Morgan fingerprint density at radius 2 is 2.05 bits per heavy atom. The summed E-state index contributed by atoms with van der Waals surface area (Å²) < 4.78 is 18.1. The molecule has 0 radical (unpaired) electrons. The highest BCUT2D eigenvalue weighted by Gasteiger charge is 2.22. The summed E-state index contributed by atoms with van der Waals surface area (Å²) in [6, 6.07) is 9.19. The molecule has 2 atom stereocenters. The van der Waals surface area contributed by atoms with Crippen molar-refractivity contribution in [3.8, 4) is 0 Å². The van der Waals surface area contributed by atoms with Gasteiger partial charge < -0.3 is 14.6 Å². The van der Waals surface area contributed by atoms with E-state index in [1.165, 1.54) is 12.1 Å². The molecule has 0 spiro atoms. The van der Waals surface area contributed by atoms with E-state index in [0.29, 0.717) is 12.2 Å². The van der Waals surface area contributed by atoms with Crippen LogP contribution < -0.4 is 10.2 Å². The number of amides is 1. The number of quaternary nitrogens is 1. The predicted octanol–water partition coefficient (Wildman–Crippen LogP) is 1.46. The van der Waals surface area contributed by atoms with Crippen LogP contribution in [0.2, 0.25) is 0 Å². The molecule has 2 N–H and O–H groups in total. The van der Waals surface area contributed by atoms with Gasteiger partial charge in [0.15, 0.2) is 11.8 Å². The van der Waals surface area contributed by atoms with Crippen molar-refractivity contribution in [3.05, 3.63) is 54.2 Å². The number of hydrogen-bond acceptors (Lipinski definition) is 2. The van der Waals surface area contributed by atoms with Gasteiger partial charge in [-0.1, -0.05) is 0 Å². The molecule has 0 aliphatic rings. The zero-order chi connectivity index (χ0) is 14.5. The number of furan rings is 1. The van der Waals surface area contributed by atoms with Gasteiger partial charge in [-0.2, -0.15) is 0 Å². The fourth-order valence-corrected chi connectivity index (χ4v) is 1.85. The van der Waals surface area contributed by atoms with E-state index in [-0.39, 0.29) is 17.8 Å². The molecule has 1 amide bonds. The number of benzene rings is 1. The first-order valence-corrected chi connectivity index (χ1v) is 6.47. The van der Waals surface area contributed by atoms with Crippen molar-refractivity contribution in [2.75, 3.05) is 12.4 Å². The van der Waals surface area contributed by atoms with Crippen molar-refractivity contribution >= 4 is 11.6 Å². The number of likely N-dealkylation sites (N-methyl/N-ethyl adjacent to an activating group) is 1. The third kappa shape index (κ3) is 3.68. The topological polar surface area (TPSA) is 46.7 Å². The number of carbonyl (C=O) groups is 1. The Hall–Kier alpha value is -2.14. The van der Waals surface area contributed by atoms with Gasteiger partial charge in [-0.25, -0.2) is 4.39 Å². The minimum atomic E-state index is -0.323. The highest BCUT2D eigenvalue weighted by molar-refractivity contribution is 5.93. The summed E-state index contributed by atoms with van der Waals surface area (Å²) >= 11 is 0. The van der Waals surface area contributed by atoms with Crippen LogP contribution >= 0.6 is 0 Å². The van der Waals surface area contributed by atoms with Crippen LogP contribution in [0.4, 0.5) is 10.1 Å². The molecule has 0 saturated heterocycles. The Labute approximate surface area is 117 Å². The molecule has 1 aromatic carbocycles. The van der Waals surface area contributed by atoms with Crippen molar-refractivity contribution in [3.63, 3.8) is 0 Å². The second-order valence-corrected chi connectivity index (χ2v) is 4.82. The first-order chi connectivity index (χ1) is 9.56. The Bertz CT molecular complexity index is 552. The summed E-state index contributed by atoms with van der Waals surface area (Å²) in [4.78, 5) is 13.1. The average Bonchev–Trinajstić information content (AvgIpc) is 2.93. The molecule has 0 aliphatic carbocycles. The summed E-state index contributed by atoms with van der Waals surface area (Å²) in [7, 11) is 1.93. The molecule has 1 unspecified atom stereocenters. The predicted molar refractivity (Wildman–Crippen MR) is 73.8 cm³/mol. The van der Waals surface area contributed by atoms with Crippen molar-refractivity contribution in [2.45, 2.75) is 19.5 Å². The first-order valence-electron chi connectivity index (χ1n) is 6.47. The second-order valence-electron chi connectivity index (χ2n) is 4.82. The van der Waals surface area contributed by atoms with Crippen LogP contribution in [0.1, 0.15) is 12.7 Å². The summed E-state index contributed by atoms with van der Waals surface area (Å²) in [6.07, 6.45) is 1.62. The fourth-order valence-electron chi connectivity index (χ4n) is 1.85. The van der Waals surface area contributed by atoms with Crippen LogP contribution in [0, 0.1) is 5.82 Å². The second kappa shape index (κ2) is 6.34. The first kappa shape index (κ1) is 14.3. The quantitative estimate of drug-likeness (QED) is 0.869. The summed E-state index contributed by atoms with van der Waals surface area (Å²) in [5.74, 6) is 0.404. The number of rotatable bonds is 5. The van der Waals surface area contributed by atoms with Gasteiger partial charge in [0.05, 0.1) is 13.3 Å². The van der Waals surface area contributed by atoms with E-state index >= 15 is 0 Å². The lowest BCUT2D eigenvalue weighted by molar-refractivity contribution is -0.908. The molecule has 1 heterocycles. The number of nitrogens with one attached hydrogen (secondary N) is 2. The van der Waals surface area contributed by atoms with E-state index in [0.717, 1.165) is 10.7 Å². The van der Waals surface area contributed by atoms with E-state index in [9.17, 15) is 9.18 Å². The molecule has 2 rings (SSSR count). The van der Waals surface area contributed by atoms with Gasteiger partial charge in [-0.05, 0) is 43.3 Å². The van der Waals surface area contributed by atoms with Gasteiger partial charge in [0.25, 0.3) is 5.91 Å². The lowest BCUT2D eigenvalue weighted by atomic mass is 10.2. The SMILES string of the molecule is C[C@@H](C(=O)Nc1ccc(F)cc1)[NH+](C)Cc1ccco1. The molecule has 0 saturated carbocycles. The molecule has 0 bridgehead atoms. The number of halogens is 1. The maximum Gasteiger partial charge on any atom is 0.282 e. The Balaban J connectivity index is 1.92. The lowest BCUT2D eigenvalue weighted by Crippen LogP contribution is -3.12. The molecule has 5 heteroatoms. The van der Waals surface area contributed by atoms with Crippen LogP contribution in [-0.2, 0) is 11.3 Å². The zero-order valence-corrected chi connectivity index (χ0v) is 11.5. The normalized spacial score (nSPS) is 13.8. The molecule has 20 heavy (non-hydrogen) atoms. The largest absolute Gasteiger partial charge is 0.463 e. The zero-order valence-electron chi connectivity index (χ0n) is 11.5. The highest BCUT2D eigenvalue weighted by atomic mass is 19.1. The number of anilines is 1. The van der Waals surface area contributed by atoms with Gasteiger partial charge in [0, 0.05) is 5.69 Å². The third-order valence-corrected chi connectivity index (χ3v) is 3.28. The standard InChI is InChI=1S/C15H17FN2O2/c1-11(18(2)10-14-4-3-9-20-14)15(19)17-13-7-5-12(16)6-8-13/h3-9,11H,10H2,1-2H3,(H,17,19)/p+1/t11-/m0/s1. The van der Waals surface area contributed by atoms with Crippen molar-refractivity contribution in [1.82, 2.24) is 0 Å². The molecule has 0 aliphatic heterocycles. The van der Waals surface area contributed by atoms with Gasteiger partial charge in [-0.3, -0.25) is 4.79 Å². The van der Waals surface area contributed by atoms with Gasteiger partial charge in [-0.15, -0.1) is 0 Å². The molecule has 2 aromatic rings. The molecular formula is C15H18FN2O2+. The number of hydrogen-bond donors (Lipinski definition) is 2. The summed E-state index contributed by atoms with van der Waals surface area (Å²) in [5, 5.41) is 2.77. The van der Waals surface area contributed by atoms with E-state index < -0.39 is 0 Å². The van der Waals surface area contributed by atoms with Crippen molar-refractivity contribution < 1.29 is 18.5 Å². The molecule has 0 fully saturated rings. The third-order valence-electron chi connectivity index (χ3n) is 3.28. The Morgan fingerprint density at radius 3 is 2.65 bits per heavy atom. The van der Waals surface area contributed by atoms with Crippen LogP contribution in [0.15, 0.2) is 47.1 Å². The van der Waals surface area contributed by atoms with Crippen LogP contribution in [0.3, 0.4) is 0 Å². The van der Waals surface area contributed by atoms with Gasteiger partial charge in [0.1, 0.15) is 12.4 Å². The van der Waals surface area contributed by atoms with Gasteiger partial charge in [0.2, 0.25) is 0 Å². The lowest BCUT2D eigenvalue weighted by Gasteiger charge is -2.20. The molecule has 1 aromatic heterocycles. The fraction of sp³-hybridized carbons (Fsp3) is 0.267. The van der Waals surface area contributed by atoms with E-state index in [2.05, 4.69) is 5.32 Å². The van der Waals surface area contributed by atoms with Crippen molar-refractivity contribution in [1.29, 1.82) is 0 Å². The smallest absolute Gasteiger partial charge is 0.282 e. The average molecular weight is 277 g/mol. The monoisotopic (exact) mass is 277 g/mol. The van der Waals surface area contributed by atoms with E-state index in [1.807, 2.05) is 26.1 Å². The van der Waals surface area contributed by atoms with Crippen LogP contribution in [0.25, 0.3) is 0 Å². The van der Waals surface area contributed by atoms with Crippen molar-refractivity contribution in [2.24, 2.45) is 0 Å². The van der Waals surface area contributed by atoms with Gasteiger partial charge >= 0.3 is 0 Å². The van der Waals surface area contributed by atoms with Crippen LogP contribution in [0.5, 0.6) is 0 Å². The Kier molecular flexibility index (Phi) is 4.53. The van der Waals surface area contributed by atoms with Crippen LogP contribution in [-0.4, -0.2) is 19.0 Å². The van der Waals surface area contributed by atoms with E-state index in [4.69, 9.17) is 4.42 Å². The molecular weight excluding hydrogens is 259 g/mol. The number of carbonyl (C=O) groups excluding carboxylic acids is 1. The maximum absolute atomic E-state index is 12.8. The molecule has 4 nitrogen and oxygen atoms in total. The summed E-state index contributed by atoms with van der Waals surface area (Å²) in [6.45, 7) is 2.47. The van der Waals surface area contributed by atoms with E-state index in [1.54, 1.807) is 18.4 Å². The Morgan fingerprint density at radius 1 is 1.35 bits per heavy atom. The molecule has 106 valence electrons.